The van der Waals surface area contributed by atoms with Gasteiger partial charge >= 0.3 is 0 Å². The number of rotatable bonds is 10. The van der Waals surface area contributed by atoms with Crippen molar-refractivity contribution in [3.63, 3.8) is 0 Å². The van der Waals surface area contributed by atoms with Crippen LogP contribution in [0.1, 0.15) is 92.6 Å². The number of carbonyl (C=O) groups excluding carboxylic acids is 3. The molecule has 0 aromatic heterocycles. The lowest BCUT2D eigenvalue weighted by Gasteiger charge is -2.33. The lowest BCUT2D eigenvalue weighted by molar-refractivity contribution is -0.136. The average molecular weight is 487 g/mol. The Hall–Kier alpha value is -2.32. The summed E-state index contributed by atoms with van der Waals surface area (Å²) in [6.07, 6.45) is 7.11. The van der Waals surface area contributed by atoms with Gasteiger partial charge in [-0.15, -0.1) is 0 Å². The highest BCUT2D eigenvalue weighted by Gasteiger charge is 2.41. The van der Waals surface area contributed by atoms with Crippen LogP contribution in [0.5, 0.6) is 0 Å². The van der Waals surface area contributed by atoms with E-state index in [2.05, 4.69) is 29.4 Å². The van der Waals surface area contributed by atoms with Gasteiger partial charge in [0.05, 0.1) is 0 Å². The van der Waals surface area contributed by atoms with Gasteiger partial charge in [-0.3, -0.25) is 19.7 Å². The van der Waals surface area contributed by atoms with Gasteiger partial charge in [0.15, 0.2) is 0 Å². The number of fused-ring (bicyclic) bond motifs is 1. The lowest BCUT2D eigenvalue weighted by atomic mass is 9.85. The fourth-order valence-corrected chi connectivity index (χ4v) is 5.89. The summed E-state index contributed by atoms with van der Waals surface area (Å²) in [7, 11) is 0. The van der Waals surface area contributed by atoms with E-state index in [0.717, 1.165) is 56.6 Å². The number of nitrogens with zero attached hydrogens (tertiary/aromatic N) is 2. The van der Waals surface area contributed by atoms with Gasteiger partial charge in [0, 0.05) is 24.6 Å². The number of nitrogens with one attached hydrogen (secondary N) is 2. The molecule has 2 unspecified atom stereocenters. The minimum atomic E-state index is -0.677. The topological polar surface area (TPSA) is 81.8 Å². The first-order valence-electron chi connectivity index (χ1n) is 13.3. The Kier molecular flexibility index (Phi) is 8.55. The minimum absolute atomic E-state index is 0.206. The van der Waals surface area contributed by atoms with Crippen LogP contribution in [0.2, 0.25) is 0 Å². The summed E-state index contributed by atoms with van der Waals surface area (Å²) in [6.45, 7) is 8.79. The van der Waals surface area contributed by atoms with Crippen LogP contribution in [0.25, 0.3) is 0 Å². The quantitative estimate of drug-likeness (QED) is 0.392. The monoisotopic (exact) mass is 486 g/mol. The standard InChI is InChI=1S/C27H39FN4O3/c1-3-6-20(4-2)29-11-5-12-31-13-9-18(10-14-31)21-15-19(28)16-22-23(21)17-32(27(22)35)24-7-8-25(33)30-26(24)34/h15-16,18,20,24,29H,3-14,17H2,1-2H3,(H,30,33,34). The summed E-state index contributed by atoms with van der Waals surface area (Å²) in [5.74, 6) is -1.25. The maximum Gasteiger partial charge on any atom is 0.255 e. The third kappa shape index (κ3) is 5.92. The molecule has 0 aliphatic carbocycles. The summed E-state index contributed by atoms with van der Waals surface area (Å²) in [4.78, 5) is 41.0. The first-order valence-corrected chi connectivity index (χ1v) is 13.3. The predicted molar refractivity (Wildman–Crippen MR) is 132 cm³/mol. The van der Waals surface area contributed by atoms with Crippen molar-refractivity contribution in [2.45, 2.75) is 89.8 Å². The number of piperidine rings is 2. The smallest absolute Gasteiger partial charge is 0.255 e. The molecule has 1 aromatic carbocycles. The van der Waals surface area contributed by atoms with Crippen LogP contribution >= 0.6 is 0 Å². The van der Waals surface area contributed by atoms with Gasteiger partial charge in [-0.05, 0) is 93.9 Å². The molecule has 4 rings (SSSR count). The van der Waals surface area contributed by atoms with E-state index in [1.807, 2.05) is 0 Å². The summed E-state index contributed by atoms with van der Waals surface area (Å²) in [5.41, 5.74) is 2.14. The number of benzene rings is 1. The highest BCUT2D eigenvalue weighted by atomic mass is 19.1. The van der Waals surface area contributed by atoms with Crippen molar-refractivity contribution in [2.24, 2.45) is 0 Å². The van der Waals surface area contributed by atoms with Crippen molar-refractivity contribution in [1.29, 1.82) is 0 Å². The van der Waals surface area contributed by atoms with Crippen molar-refractivity contribution in [3.05, 3.63) is 34.6 Å². The first-order chi connectivity index (χ1) is 16.9. The van der Waals surface area contributed by atoms with Crippen molar-refractivity contribution in [3.8, 4) is 0 Å². The second-order valence-electron chi connectivity index (χ2n) is 10.2. The molecule has 0 bridgehead atoms. The predicted octanol–water partition coefficient (Wildman–Crippen LogP) is 3.32. The molecular formula is C27H39FN4O3. The van der Waals surface area contributed by atoms with Gasteiger partial charge in [0.2, 0.25) is 11.8 Å². The van der Waals surface area contributed by atoms with E-state index >= 15 is 0 Å². The van der Waals surface area contributed by atoms with E-state index < -0.39 is 17.8 Å². The van der Waals surface area contributed by atoms with E-state index in [1.165, 1.54) is 30.2 Å². The Bertz CT molecular complexity index is 945. The molecule has 3 amide bonds. The molecule has 7 nitrogen and oxygen atoms in total. The molecule has 8 heteroatoms. The Labute approximate surface area is 207 Å². The SMILES string of the molecule is CCCC(CC)NCCCN1CCC(c2cc(F)cc3c2CN(C2CCC(=O)NC2=O)C3=O)CC1. The third-order valence-electron chi connectivity index (χ3n) is 7.90. The molecular weight excluding hydrogens is 447 g/mol. The van der Waals surface area contributed by atoms with Crippen molar-refractivity contribution in [2.75, 3.05) is 26.2 Å². The van der Waals surface area contributed by atoms with Crippen LogP contribution in [0, 0.1) is 5.82 Å². The average Bonchev–Trinajstić information content (AvgIpc) is 3.17. The second kappa shape index (κ2) is 11.6. The zero-order valence-corrected chi connectivity index (χ0v) is 21.1. The van der Waals surface area contributed by atoms with E-state index in [9.17, 15) is 18.8 Å². The highest BCUT2D eigenvalue weighted by Crippen LogP contribution is 2.37. The highest BCUT2D eigenvalue weighted by molar-refractivity contribution is 6.05. The lowest BCUT2D eigenvalue weighted by Crippen LogP contribution is -2.52. The molecule has 0 saturated carbocycles. The number of hydrogen-bond acceptors (Lipinski definition) is 5. The Morgan fingerprint density at radius 3 is 2.60 bits per heavy atom. The second-order valence-corrected chi connectivity index (χ2v) is 10.2. The molecule has 2 N–H and O–H groups in total. The molecule has 2 saturated heterocycles. The third-order valence-corrected chi connectivity index (χ3v) is 7.90. The van der Waals surface area contributed by atoms with Crippen LogP contribution in [0.4, 0.5) is 4.39 Å². The molecule has 0 radical (unpaired) electrons. The molecule has 2 atom stereocenters. The van der Waals surface area contributed by atoms with Gasteiger partial charge in [-0.2, -0.15) is 0 Å². The van der Waals surface area contributed by atoms with Gasteiger partial charge in [0.25, 0.3) is 5.91 Å². The minimum Gasteiger partial charge on any atom is -0.322 e. The summed E-state index contributed by atoms with van der Waals surface area (Å²) in [6, 6.07) is 2.83. The molecule has 1 aromatic rings. The Morgan fingerprint density at radius 2 is 1.91 bits per heavy atom. The van der Waals surface area contributed by atoms with Crippen LogP contribution in [0.15, 0.2) is 12.1 Å². The zero-order chi connectivity index (χ0) is 24.9. The summed E-state index contributed by atoms with van der Waals surface area (Å²) in [5, 5.41) is 6.00. The van der Waals surface area contributed by atoms with Crippen molar-refractivity contribution < 1.29 is 18.8 Å². The number of amides is 3. The Morgan fingerprint density at radius 1 is 1.14 bits per heavy atom. The Balaban J connectivity index is 1.35. The van der Waals surface area contributed by atoms with Crippen molar-refractivity contribution >= 4 is 17.7 Å². The van der Waals surface area contributed by atoms with Crippen LogP contribution < -0.4 is 10.6 Å². The fourth-order valence-electron chi connectivity index (χ4n) is 5.89. The normalized spacial score (nSPS) is 22.4. The van der Waals surface area contributed by atoms with Gasteiger partial charge in [-0.25, -0.2) is 4.39 Å². The fraction of sp³-hybridized carbons (Fsp3) is 0.667. The van der Waals surface area contributed by atoms with Crippen LogP contribution in [-0.2, 0) is 16.1 Å². The maximum atomic E-state index is 14.6. The molecule has 35 heavy (non-hydrogen) atoms. The van der Waals surface area contributed by atoms with Gasteiger partial charge in [0.1, 0.15) is 11.9 Å². The van der Waals surface area contributed by atoms with Gasteiger partial charge < -0.3 is 15.1 Å². The van der Waals surface area contributed by atoms with E-state index in [4.69, 9.17) is 0 Å². The number of likely N-dealkylation sites (tertiary alicyclic amines) is 1. The molecule has 192 valence electrons. The number of imide groups is 1. The molecule has 2 fully saturated rings. The molecule has 3 aliphatic heterocycles. The van der Waals surface area contributed by atoms with Crippen molar-refractivity contribution in [1.82, 2.24) is 20.4 Å². The molecule has 3 heterocycles. The largest absolute Gasteiger partial charge is 0.322 e. The van der Waals surface area contributed by atoms with Gasteiger partial charge in [-0.1, -0.05) is 20.3 Å². The first kappa shape index (κ1) is 25.8. The number of halogens is 1. The van der Waals surface area contributed by atoms with E-state index in [1.54, 1.807) is 6.07 Å². The maximum absolute atomic E-state index is 14.6. The zero-order valence-electron chi connectivity index (χ0n) is 21.1. The summed E-state index contributed by atoms with van der Waals surface area (Å²) < 4.78 is 14.6. The van der Waals surface area contributed by atoms with E-state index in [0.29, 0.717) is 24.6 Å². The van der Waals surface area contributed by atoms with Crippen LogP contribution in [-0.4, -0.2) is 65.8 Å². The molecule has 3 aliphatic rings. The summed E-state index contributed by atoms with van der Waals surface area (Å²) >= 11 is 0. The number of carbonyl (C=O) groups is 3. The van der Waals surface area contributed by atoms with E-state index in [-0.39, 0.29) is 24.2 Å². The van der Waals surface area contributed by atoms with Crippen LogP contribution in [0.3, 0.4) is 0 Å². The number of hydrogen-bond donors (Lipinski definition) is 2. The molecule has 0 spiro atoms.